The number of aromatic nitrogens is 2. The molecule has 3 nitrogen and oxygen atoms in total. The molecular formula is C12H17N3S. The van der Waals surface area contributed by atoms with Crippen molar-refractivity contribution in [3.63, 3.8) is 0 Å². The van der Waals surface area contributed by atoms with Crippen molar-refractivity contribution in [1.29, 1.82) is 0 Å². The molecule has 0 radical (unpaired) electrons. The first-order valence-corrected chi connectivity index (χ1v) is 6.68. The number of rotatable bonds is 5. The molecule has 0 saturated heterocycles. The smallest absolute Gasteiger partial charge is 0.117 e. The summed E-state index contributed by atoms with van der Waals surface area (Å²) in [4.78, 5) is 7.84. The Labute approximate surface area is 99.8 Å². The Kier molecular flexibility index (Phi) is 3.85. The standard InChI is InChI=1S/C12H17N3S/c1-9(13)6-7-16-8-12-14-10-4-2-3-5-11(10)15-12/h2-5,9H,6-8,13H2,1H3,(H,14,15). The Morgan fingerprint density at radius 3 is 3.00 bits per heavy atom. The molecule has 16 heavy (non-hydrogen) atoms. The highest BCUT2D eigenvalue weighted by molar-refractivity contribution is 7.98. The lowest BCUT2D eigenvalue weighted by molar-refractivity contribution is 0.721. The summed E-state index contributed by atoms with van der Waals surface area (Å²) in [6.45, 7) is 2.04. The predicted molar refractivity (Wildman–Crippen MR) is 70.5 cm³/mol. The van der Waals surface area contributed by atoms with Crippen LogP contribution in [0.2, 0.25) is 0 Å². The maximum Gasteiger partial charge on any atom is 0.117 e. The molecule has 0 saturated carbocycles. The molecule has 0 amide bonds. The van der Waals surface area contributed by atoms with Crippen molar-refractivity contribution in [2.45, 2.75) is 25.1 Å². The molecule has 86 valence electrons. The zero-order valence-electron chi connectivity index (χ0n) is 9.44. The van der Waals surface area contributed by atoms with Crippen molar-refractivity contribution in [2.75, 3.05) is 5.75 Å². The van der Waals surface area contributed by atoms with Gasteiger partial charge in [-0.1, -0.05) is 12.1 Å². The molecule has 1 heterocycles. The van der Waals surface area contributed by atoms with Crippen LogP contribution in [0.25, 0.3) is 11.0 Å². The number of nitrogens with one attached hydrogen (secondary N) is 1. The third-order valence-corrected chi connectivity index (χ3v) is 3.40. The number of benzene rings is 1. The summed E-state index contributed by atoms with van der Waals surface area (Å²) < 4.78 is 0. The molecule has 3 N–H and O–H groups in total. The quantitative estimate of drug-likeness (QED) is 0.783. The number of imidazole rings is 1. The van der Waals surface area contributed by atoms with E-state index >= 15 is 0 Å². The molecule has 1 aromatic carbocycles. The average Bonchev–Trinajstić information content (AvgIpc) is 2.66. The number of H-pyrrole nitrogens is 1. The molecule has 2 rings (SSSR count). The minimum Gasteiger partial charge on any atom is -0.341 e. The van der Waals surface area contributed by atoms with Crippen LogP contribution < -0.4 is 5.73 Å². The van der Waals surface area contributed by atoms with E-state index in [0.717, 1.165) is 34.8 Å². The molecule has 0 fully saturated rings. The molecule has 1 aromatic heterocycles. The number of aromatic amines is 1. The third kappa shape index (κ3) is 3.00. The van der Waals surface area contributed by atoms with Crippen molar-refractivity contribution in [1.82, 2.24) is 9.97 Å². The normalized spacial score (nSPS) is 13.1. The summed E-state index contributed by atoms with van der Waals surface area (Å²) in [5, 5.41) is 0. The van der Waals surface area contributed by atoms with Gasteiger partial charge in [0.2, 0.25) is 0 Å². The lowest BCUT2D eigenvalue weighted by atomic mass is 10.3. The lowest BCUT2D eigenvalue weighted by Gasteiger charge is -2.02. The first kappa shape index (κ1) is 11.5. The number of para-hydroxylation sites is 2. The average molecular weight is 235 g/mol. The van der Waals surface area contributed by atoms with E-state index in [1.165, 1.54) is 0 Å². The second-order valence-electron chi connectivity index (χ2n) is 4.02. The highest BCUT2D eigenvalue weighted by Crippen LogP contribution is 2.15. The van der Waals surface area contributed by atoms with Gasteiger partial charge in [0.05, 0.1) is 16.8 Å². The molecule has 0 aliphatic rings. The van der Waals surface area contributed by atoms with Gasteiger partial charge in [-0.25, -0.2) is 4.98 Å². The van der Waals surface area contributed by atoms with Gasteiger partial charge in [0, 0.05) is 6.04 Å². The highest BCUT2D eigenvalue weighted by Gasteiger charge is 2.02. The van der Waals surface area contributed by atoms with Crippen molar-refractivity contribution >= 4 is 22.8 Å². The van der Waals surface area contributed by atoms with Gasteiger partial charge < -0.3 is 10.7 Å². The summed E-state index contributed by atoms with van der Waals surface area (Å²) in [5.74, 6) is 3.08. The fraction of sp³-hybridized carbons (Fsp3) is 0.417. The van der Waals surface area contributed by atoms with Crippen LogP contribution in [-0.2, 0) is 5.75 Å². The van der Waals surface area contributed by atoms with Crippen LogP contribution in [0.15, 0.2) is 24.3 Å². The van der Waals surface area contributed by atoms with Gasteiger partial charge in [0.1, 0.15) is 5.82 Å². The molecule has 0 aliphatic carbocycles. The minimum absolute atomic E-state index is 0.295. The van der Waals surface area contributed by atoms with E-state index in [9.17, 15) is 0 Å². The summed E-state index contributed by atoms with van der Waals surface area (Å²) >= 11 is 1.88. The summed E-state index contributed by atoms with van der Waals surface area (Å²) in [6, 6.07) is 8.41. The van der Waals surface area contributed by atoms with E-state index in [1.54, 1.807) is 0 Å². The fourth-order valence-corrected chi connectivity index (χ4v) is 2.52. The summed E-state index contributed by atoms with van der Waals surface area (Å²) in [7, 11) is 0. The molecule has 1 atom stereocenters. The molecular weight excluding hydrogens is 218 g/mol. The number of fused-ring (bicyclic) bond motifs is 1. The van der Waals surface area contributed by atoms with Crippen molar-refractivity contribution in [2.24, 2.45) is 5.73 Å². The van der Waals surface area contributed by atoms with Gasteiger partial charge in [-0.05, 0) is 31.2 Å². The first-order chi connectivity index (χ1) is 7.75. The number of hydrogen-bond acceptors (Lipinski definition) is 3. The van der Waals surface area contributed by atoms with E-state index in [4.69, 9.17) is 5.73 Å². The number of nitrogens with two attached hydrogens (primary N) is 1. The Hall–Kier alpha value is -1.00. The van der Waals surface area contributed by atoms with Gasteiger partial charge in [-0.15, -0.1) is 0 Å². The van der Waals surface area contributed by atoms with Gasteiger partial charge >= 0.3 is 0 Å². The zero-order valence-corrected chi connectivity index (χ0v) is 10.3. The monoisotopic (exact) mass is 235 g/mol. The van der Waals surface area contributed by atoms with Gasteiger partial charge in [0.15, 0.2) is 0 Å². The van der Waals surface area contributed by atoms with Crippen molar-refractivity contribution in [3.05, 3.63) is 30.1 Å². The van der Waals surface area contributed by atoms with E-state index < -0.39 is 0 Å². The van der Waals surface area contributed by atoms with E-state index in [0.29, 0.717) is 6.04 Å². The maximum atomic E-state index is 5.70. The van der Waals surface area contributed by atoms with Crippen LogP contribution in [0, 0.1) is 0 Å². The molecule has 0 bridgehead atoms. The highest BCUT2D eigenvalue weighted by atomic mass is 32.2. The van der Waals surface area contributed by atoms with Gasteiger partial charge in [0.25, 0.3) is 0 Å². The summed E-state index contributed by atoms with van der Waals surface area (Å²) in [6.07, 6.45) is 1.06. The lowest BCUT2D eigenvalue weighted by Crippen LogP contribution is -2.15. The maximum absolute atomic E-state index is 5.70. The van der Waals surface area contributed by atoms with Crippen LogP contribution in [0.4, 0.5) is 0 Å². The predicted octanol–water partition coefficient (Wildman–Crippen LogP) is 2.53. The van der Waals surface area contributed by atoms with Crippen LogP contribution in [0.1, 0.15) is 19.2 Å². The molecule has 1 unspecified atom stereocenters. The van der Waals surface area contributed by atoms with Crippen LogP contribution in [0.3, 0.4) is 0 Å². The Bertz CT molecular complexity index is 417. The van der Waals surface area contributed by atoms with Crippen LogP contribution in [0.5, 0.6) is 0 Å². The molecule has 0 spiro atoms. The largest absolute Gasteiger partial charge is 0.341 e. The molecule has 2 aromatic rings. The number of hydrogen-bond donors (Lipinski definition) is 2. The first-order valence-electron chi connectivity index (χ1n) is 5.52. The third-order valence-electron chi connectivity index (χ3n) is 2.39. The SMILES string of the molecule is CC(N)CCSCc1nc2ccccc2[nH]1. The van der Waals surface area contributed by atoms with Gasteiger partial charge in [-0.2, -0.15) is 11.8 Å². The van der Waals surface area contributed by atoms with Crippen LogP contribution in [-0.4, -0.2) is 21.8 Å². The Morgan fingerprint density at radius 1 is 1.44 bits per heavy atom. The topological polar surface area (TPSA) is 54.7 Å². The second kappa shape index (κ2) is 5.37. The number of nitrogens with zero attached hydrogens (tertiary/aromatic N) is 1. The molecule has 4 heteroatoms. The van der Waals surface area contributed by atoms with Crippen molar-refractivity contribution < 1.29 is 0 Å². The Balaban J connectivity index is 1.89. The van der Waals surface area contributed by atoms with E-state index in [2.05, 4.69) is 16.0 Å². The Morgan fingerprint density at radius 2 is 2.25 bits per heavy atom. The minimum atomic E-state index is 0.295. The van der Waals surface area contributed by atoms with Crippen LogP contribution >= 0.6 is 11.8 Å². The van der Waals surface area contributed by atoms with E-state index in [1.807, 2.05) is 36.9 Å². The number of thioether (sulfide) groups is 1. The van der Waals surface area contributed by atoms with Gasteiger partial charge in [-0.3, -0.25) is 0 Å². The molecule has 0 aliphatic heterocycles. The fourth-order valence-electron chi connectivity index (χ4n) is 1.51. The van der Waals surface area contributed by atoms with Crippen molar-refractivity contribution in [3.8, 4) is 0 Å². The summed E-state index contributed by atoms with van der Waals surface area (Å²) in [5.41, 5.74) is 7.86. The second-order valence-corrected chi connectivity index (χ2v) is 5.12. The van der Waals surface area contributed by atoms with E-state index in [-0.39, 0.29) is 0 Å². The zero-order chi connectivity index (χ0) is 11.4.